The molecule has 2 saturated heterocycles. The number of amides is 3. The first-order chi connectivity index (χ1) is 12.6. The van der Waals surface area contributed by atoms with E-state index < -0.39 is 11.1 Å². The van der Waals surface area contributed by atoms with E-state index in [9.17, 15) is 14.0 Å². The first-order valence-corrected chi connectivity index (χ1v) is 8.78. The van der Waals surface area contributed by atoms with Crippen LogP contribution >= 0.6 is 0 Å². The summed E-state index contributed by atoms with van der Waals surface area (Å²) in [5, 5.41) is 6.94. The number of benzene rings is 1. The van der Waals surface area contributed by atoms with Gasteiger partial charge in [0.25, 0.3) is 5.91 Å². The van der Waals surface area contributed by atoms with Crippen molar-refractivity contribution in [2.24, 2.45) is 0 Å². The standard InChI is InChI=1S/C19H15FN4O2/c20-13-3-5-14(6-4-13)23-15-8-12-2-1-7-18-16(25)22-17(26)24(18)19(12,18)9-11(15)10-21-23/h3-6,8,10H,1-2,7,9H2,(H,22,25,26)/t18-,19-,24?/m0/s1. The number of imide groups is 1. The van der Waals surface area contributed by atoms with E-state index in [2.05, 4.69) is 16.5 Å². The Morgan fingerprint density at radius 1 is 1.15 bits per heavy atom. The third-order valence-corrected chi connectivity index (χ3v) is 6.43. The number of hydrogen-bond donors (Lipinski definition) is 1. The second-order valence-corrected chi connectivity index (χ2v) is 7.46. The van der Waals surface area contributed by atoms with E-state index >= 15 is 0 Å². The van der Waals surface area contributed by atoms with Crippen LogP contribution in [0.2, 0.25) is 0 Å². The summed E-state index contributed by atoms with van der Waals surface area (Å²) in [6.45, 7) is 0. The maximum atomic E-state index is 13.2. The van der Waals surface area contributed by atoms with Crippen molar-refractivity contribution in [1.29, 1.82) is 0 Å². The molecule has 2 atom stereocenters. The van der Waals surface area contributed by atoms with Gasteiger partial charge in [-0.1, -0.05) is 0 Å². The molecule has 1 aromatic heterocycles. The molecule has 3 amide bonds. The molecule has 2 spiro atoms. The summed E-state index contributed by atoms with van der Waals surface area (Å²) >= 11 is 0. The fourth-order valence-corrected chi connectivity index (χ4v) is 5.37. The first-order valence-electron chi connectivity index (χ1n) is 8.78. The van der Waals surface area contributed by atoms with Crippen LogP contribution in [-0.4, -0.2) is 37.7 Å². The van der Waals surface area contributed by atoms with E-state index in [-0.39, 0.29) is 17.8 Å². The fourth-order valence-electron chi connectivity index (χ4n) is 5.37. The van der Waals surface area contributed by atoms with Crippen LogP contribution in [0.3, 0.4) is 0 Å². The Balaban J connectivity index is 1.50. The lowest BCUT2D eigenvalue weighted by Gasteiger charge is -2.32. The molecular weight excluding hydrogens is 335 g/mol. The molecule has 0 bridgehead atoms. The van der Waals surface area contributed by atoms with E-state index in [1.165, 1.54) is 12.1 Å². The Hall–Kier alpha value is -2.96. The molecule has 26 heavy (non-hydrogen) atoms. The number of urea groups is 1. The van der Waals surface area contributed by atoms with Crippen LogP contribution in [0, 0.1) is 5.82 Å². The van der Waals surface area contributed by atoms with Crippen molar-refractivity contribution in [2.45, 2.75) is 36.8 Å². The van der Waals surface area contributed by atoms with Crippen LogP contribution in [-0.2, 0) is 11.2 Å². The van der Waals surface area contributed by atoms with Crippen molar-refractivity contribution in [3.8, 4) is 5.69 Å². The minimum absolute atomic E-state index is 0.164. The Morgan fingerprint density at radius 2 is 1.96 bits per heavy atom. The number of hydrogen-bond acceptors (Lipinski definition) is 3. The van der Waals surface area contributed by atoms with Gasteiger partial charge in [0.05, 0.1) is 17.6 Å². The molecule has 1 N–H and O–H groups in total. The molecule has 130 valence electrons. The predicted molar refractivity (Wildman–Crippen MR) is 89.9 cm³/mol. The number of fused-ring (bicyclic) bond motifs is 1. The largest absolute Gasteiger partial charge is 0.325 e. The second kappa shape index (κ2) is 4.23. The molecule has 6 rings (SSSR count). The lowest BCUT2D eigenvalue weighted by molar-refractivity contribution is -0.122. The lowest BCUT2D eigenvalue weighted by atomic mass is 9.70. The minimum atomic E-state index is -0.705. The summed E-state index contributed by atoms with van der Waals surface area (Å²) in [5.41, 5.74) is 2.67. The van der Waals surface area contributed by atoms with Gasteiger partial charge < -0.3 is 0 Å². The highest BCUT2D eigenvalue weighted by atomic mass is 19.1. The quantitative estimate of drug-likeness (QED) is 0.633. The Kier molecular flexibility index (Phi) is 2.31. The maximum Gasteiger partial charge on any atom is 0.325 e. The van der Waals surface area contributed by atoms with E-state index in [1.807, 2.05) is 0 Å². The average Bonchev–Trinajstić information content (AvgIpc) is 2.89. The molecule has 1 saturated carbocycles. The molecule has 3 fully saturated rings. The zero-order chi connectivity index (χ0) is 17.7. The van der Waals surface area contributed by atoms with Gasteiger partial charge in [-0.3, -0.25) is 15.0 Å². The van der Waals surface area contributed by atoms with Gasteiger partial charge in [0.2, 0.25) is 0 Å². The molecule has 7 heteroatoms. The van der Waals surface area contributed by atoms with Crippen LogP contribution in [0.15, 0.2) is 36.0 Å². The molecule has 2 aliphatic carbocycles. The minimum Gasteiger partial charge on any atom is -0.294 e. The third-order valence-electron chi connectivity index (χ3n) is 6.43. The van der Waals surface area contributed by atoms with Crippen molar-refractivity contribution in [3.63, 3.8) is 0 Å². The molecule has 0 unspecified atom stereocenters. The van der Waals surface area contributed by atoms with E-state index in [1.54, 1.807) is 27.9 Å². The molecular formula is C19H15FN4O2. The smallest absolute Gasteiger partial charge is 0.294 e. The lowest BCUT2D eigenvalue weighted by Crippen LogP contribution is -2.47. The Morgan fingerprint density at radius 3 is 2.77 bits per heavy atom. The van der Waals surface area contributed by atoms with Crippen molar-refractivity contribution < 1.29 is 14.0 Å². The SMILES string of the molecule is O=C1NC(=O)[C@@]23CCCC4=Cc5c(cnn5-c5ccc(F)cc5)C[C@]42N13. The van der Waals surface area contributed by atoms with Gasteiger partial charge in [0.1, 0.15) is 11.4 Å². The molecule has 1 aromatic carbocycles. The zero-order valence-electron chi connectivity index (χ0n) is 13.8. The van der Waals surface area contributed by atoms with Crippen LogP contribution in [0.1, 0.15) is 30.5 Å². The second-order valence-electron chi connectivity index (χ2n) is 7.46. The van der Waals surface area contributed by atoms with Gasteiger partial charge in [0, 0.05) is 12.0 Å². The van der Waals surface area contributed by atoms with Crippen molar-refractivity contribution in [3.05, 3.63) is 53.1 Å². The molecule has 2 aromatic rings. The number of aromatic nitrogens is 2. The van der Waals surface area contributed by atoms with Crippen LogP contribution in [0.25, 0.3) is 11.8 Å². The predicted octanol–water partition coefficient (Wildman–Crippen LogP) is 2.18. The van der Waals surface area contributed by atoms with Gasteiger partial charge in [-0.15, -0.1) is 0 Å². The van der Waals surface area contributed by atoms with E-state index in [0.717, 1.165) is 35.4 Å². The zero-order valence-corrected chi connectivity index (χ0v) is 13.8. The summed E-state index contributed by atoms with van der Waals surface area (Å²) in [6, 6.07) is 5.94. The monoisotopic (exact) mass is 350 g/mol. The summed E-state index contributed by atoms with van der Waals surface area (Å²) in [5.74, 6) is -0.452. The average molecular weight is 350 g/mol. The number of nitrogens with zero attached hydrogens (tertiary/aromatic N) is 3. The van der Waals surface area contributed by atoms with Gasteiger partial charge >= 0.3 is 6.03 Å². The van der Waals surface area contributed by atoms with Gasteiger partial charge in [0.15, 0.2) is 5.54 Å². The van der Waals surface area contributed by atoms with Crippen LogP contribution in [0.4, 0.5) is 9.18 Å². The molecule has 0 radical (unpaired) electrons. The molecule has 2 aliphatic heterocycles. The summed E-state index contributed by atoms with van der Waals surface area (Å²) < 4.78 is 15.0. The van der Waals surface area contributed by atoms with Gasteiger partial charge in [-0.25, -0.2) is 13.9 Å². The van der Waals surface area contributed by atoms with E-state index in [0.29, 0.717) is 12.8 Å². The summed E-state index contributed by atoms with van der Waals surface area (Å²) in [7, 11) is 0. The highest BCUT2D eigenvalue weighted by Gasteiger charge is 2.86. The van der Waals surface area contributed by atoms with Crippen molar-refractivity contribution >= 4 is 18.0 Å². The maximum absolute atomic E-state index is 13.2. The highest BCUT2D eigenvalue weighted by molar-refractivity contribution is 6.15. The van der Waals surface area contributed by atoms with Gasteiger partial charge in [-0.2, -0.15) is 5.10 Å². The molecule has 3 heterocycles. The molecule has 4 aliphatic rings. The molecule has 6 nitrogen and oxygen atoms in total. The number of carbonyl (C=O) groups excluding carboxylic acids is 2. The van der Waals surface area contributed by atoms with Crippen molar-refractivity contribution in [2.75, 3.05) is 0 Å². The summed E-state index contributed by atoms with van der Waals surface area (Å²) in [6.07, 6.45) is 6.94. The third kappa shape index (κ3) is 1.35. The number of rotatable bonds is 1. The fraction of sp³-hybridized carbons (Fsp3) is 0.316. The number of nitrogens with one attached hydrogen (secondary N) is 1. The highest BCUT2D eigenvalue weighted by Crippen LogP contribution is 2.67. The summed E-state index contributed by atoms with van der Waals surface area (Å²) in [4.78, 5) is 26.6. The van der Waals surface area contributed by atoms with Crippen molar-refractivity contribution in [1.82, 2.24) is 20.0 Å². The normalized spacial score (nSPS) is 30.8. The first kappa shape index (κ1) is 14.2. The number of carbonyl (C=O) groups is 2. The Bertz CT molecular complexity index is 1040. The topological polar surface area (TPSA) is 67.0 Å². The van der Waals surface area contributed by atoms with E-state index in [4.69, 9.17) is 0 Å². The van der Waals surface area contributed by atoms with Crippen LogP contribution < -0.4 is 5.32 Å². The van der Waals surface area contributed by atoms with Gasteiger partial charge in [-0.05, 0) is 55.2 Å². The Labute approximate surface area is 148 Å². The number of halogens is 1. The van der Waals surface area contributed by atoms with Crippen LogP contribution in [0.5, 0.6) is 0 Å².